The van der Waals surface area contributed by atoms with Crippen molar-refractivity contribution >= 4 is 5.91 Å². The number of phenolic OH excluding ortho intramolecular Hbond substituents is 1. The maximum Gasteiger partial charge on any atom is 0.251 e. The summed E-state index contributed by atoms with van der Waals surface area (Å²) in [6.45, 7) is 8.22. The highest BCUT2D eigenvalue weighted by Crippen LogP contribution is 2.19. The van der Waals surface area contributed by atoms with Crippen LogP contribution in [0.4, 0.5) is 0 Å². The van der Waals surface area contributed by atoms with E-state index in [2.05, 4.69) is 17.1 Å². The minimum absolute atomic E-state index is 0.0544. The van der Waals surface area contributed by atoms with Crippen LogP contribution in [0, 0.1) is 12.8 Å². The summed E-state index contributed by atoms with van der Waals surface area (Å²) in [6, 6.07) is 4.96. The number of likely N-dealkylation sites (tertiary alicyclic amines) is 1. The van der Waals surface area contributed by atoms with Gasteiger partial charge in [0, 0.05) is 18.7 Å². The Morgan fingerprint density at radius 3 is 3.00 bits per heavy atom. The first kappa shape index (κ1) is 15.8. The quantitative estimate of drug-likeness (QED) is 0.876. The highest BCUT2D eigenvalue weighted by molar-refractivity contribution is 5.94. The molecule has 0 saturated carbocycles. The Hall–Kier alpha value is -1.55. The number of nitrogens with zero attached hydrogens (tertiary/aromatic N) is 1. The van der Waals surface area contributed by atoms with Crippen molar-refractivity contribution in [2.24, 2.45) is 5.92 Å². The van der Waals surface area contributed by atoms with E-state index >= 15 is 0 Å². The number of hydrogen-bond donors (Lipinski definition) is 2. The van der Waals surface area contributed by atoms with Gasteiger partial charge in [-0.15, -0.1) is 0 Å². The summed E-state index contributed by atoms with van der Waals surface area (Å²) in [7, 11) is 0. The summed E-state index contributed by atoms with van der Waals surface area (Å²) in [5.74, 6) is 0.871. The van der Waals surface area contributed by atoms with Crippen LogP contribution in [0.1, 0.15) is 42.1 Å². The first-order chi connectivity index (χ1) is 10.1. The molecule has 0 aromatic heterocycles. The topological polar surface area (TPSA) is 52.6 Å². The maximum absolute atomic E-state index is 12.1. The molecule has 1 amide bonds. The number of piperidine rings is 1. The molecule has 1 aliphatic heterocycles. The molecule has 4 nitrogen and oxygen atoms in total. The first-order valence-electron chi connectivity index (χ1n) is 7.90. The molecule has 0 aliphatic carbocycles. The normalized spacial score (nSPS) is 19.4. The second-order valence-corrected chi connectivity index (χ2v) is 5.95. The van der Waals surface area contributed by atoms with Crippen LogP contribution in [0.25, 0.3) is 0 Å². The van der Waals surface area contributed by atoms with Gasteiger partial charge in [0.05, 0.1) is 0 Å². The second-order valence-electron chi connectivity index (χ2n) is 5.95. The van der Waals surface area contributed by atoms with Gasteiger partial charge in [0.15, 0.2) is 0 Å². The third-order valence-electron chi connectivity index (χ3n) is 4.35. The molecular weight excluding hydrogens is 264 g/mol. The monoisotopic (exact) mass is 290 g/mol. The minimum Gasteiger partial charge on any atom is -0.508 e. The number of carbonyl (C=O) groups is 1. The summed E-state index contributed by atoms with van der Waals surface area (Å²) in [6.07, 6.45) is 3.58. The number of aryl methyl sites for hydroxylation is 1. The Labute approximate surface area is 127 Å². The molecule has 0 radical (unpaired) electrons. The van der Waals surface area contributed by atoms with Crippen molar-refractivity contribution in [1.82, 2.24) is 10.2 Å². The predicted octanol–water partition coefficient (Wildman–Crippen LogP) is 2.55. The van der Waals surface area contributed by atoms with Gasteiger partial charge >= 0.3 is 0 Å². The van der Waals surface area contributed by atoms with E-state index in [1.165, 1.54) is 19.4 Å². The van der Waals surface area contributed by atoms with Crippen LogP contribution in [0.15, 0.2) is 18.2 Å². The number of aromatic hydroxyl groups is 1. The standard InChI is InChI=1S/C17H26N2O2/c1-3-19-10-4-5-14(12-19)8-9-18-17(21)15-6-7-16(20)13(2)11-15/h6-7,11,14,20H,3-5,8-10,12H2,1-2H3,(H,18,21)/t14-/m1/s1. The van der Waals surface area contributed by atoms with Crippen LogP contribution in [0.5, 0.6) is 5.75 Å². The van der Waals surface area contributed by atoms with E-state index in [1.807, 2.05) is 0 Å². The first-order valence-corrected chi connectivity index (χ1v) is 7.90. The van der Waals surface area contributed by atoms with E-state index in [0.717, 1.165) is 31.6 Å². The second kappa shape index (κ2) is 7.46. The molecular formula is C17H26N2O2. The van der Waals surface area contributed by atoms with Crippen molar-refractivity contribution in [3.05, 3.63) is 29.3 Å². The van der Waals surface area contributed by atoms with Crippen LogP contribution < -0.4 is 5.32 Å². The molecule has 1 aromatic carbocycles. The highest BCUT2D eigenvalue weighted by atomic mass is 16.3. The van der Waals surface area contributed by atoms with Gasteiger partial charge in [-0.25, -0.2) is 0 Å². The third-order valence-corrected chi connectivity index (χ3v) is 4.35. The minimum atomic E-state index is -0.0544. The van der Waals surface area contributed by atoms with Gasteiger partial charge in [0.25, 0.3) is 5.91 Å². The fraction of sp³-hybridized carbons (Fsp3) is 0.588. The smallest absolute Gasteiger partial charge is 0.251 e. The van der Waals surface area contributed by atoms with E-state index in [1.54, 1.807) is 25.1 Å². The van der Waals surface area contributed by atoms with Crippen LogP contribution >= 0.6 is 0 Å². The van der Waals surface area contributed by atoms with E-state index in [9.17, 15) is 9.90 Å². The number of phenols is 1. The van der Waals surface area contributed by atoms with Crippen LogP contribution in [-0.2, 0) is 0 Å². The lowest BCUT2D eigenvalue weighted by Crippen LogP contribution is -2.36. The molecule has 21 heavy (non-hydrogen) atoms. The van der Waals surface area contributed by atoms with E-state index in [4.69, 9.17) is 0 Å². The molecule has 0 unspecified atom stereocenters. The molecule has 4 heteroatoms. The summed E-state index contributed by atoms with van der Waals surface area (Å²) in [4.78, 5) is 14.6. The molecule has 1 atom stereocenters. The van der Waals surface area contributed by atoms with Gasteiger partial charge in [-0.05, 0) is 69.0 Å². The average molecular weight is 290 g/mol. The fourth-order valence-corrected chi connectivity index (χ4v) is 2.96. The van der Waals surface area contributed by atoms with E-state index in [0.29, 0.717) is 11.5 Å². The molecule has 2 rings (SSSR count). The van der Waals surface area contributed by atoms with Crippen molar-refractivity contribution in [3.63, 3.8) is 0 Å². The third kappa shape index (κ3) is 4.46. The van der Waals surface area contributed by atoms with Crippen LogP contribution in [-0.4, -0.2) is 42.1 Å². The molecule has 2 N–H and O–H groups in total. The van der Waals surface area contributed by atoms with Gasteiger partial charge in [-0.3, -0.25) is 4.79 Å². The molecule has 1 fully saturated rings. The van der Waals surface area contributed by atoms with E-state index in [-0.39, 0.29) is 11.7 Å². The average Bonchev–Trinajstić information content (AvgIpc) is 2.50. The molecule has 0 bridgehead atoms. The van der Waals surface area contributed by atoms with Crippen LogP contribution in [0.3, 0.4) is 0 Å². The molecule has 116 valence electrons. The Bertz CT molecular complexity index is 488. The Morgan fingerprint density at radius 2 is 2.29 bits per heavy atom. The zero-order valence-corrected chi connectivity index (χ0v) is 13.1. The van der Waals surface area contributed by atoms with Crippen molar-refractivity contribution in [2.75, 3.05) is 26.2 Å². The summed E-state index contributed by atoms with van der Waals surface area (Å²) >= 11 is 0. The van der Waals surface area contributed by atoms with Gasteiger partial charge in [-0.1, -0.05) is 6.92 Å². The molecule has 1 heterocycles. The summed E-state index contributed by atoms with van der Waals surface area (Å²) in [5, 5.41) is 12.5. The van der Waals surface area contributed by atoms with Gasteiger partial charge < -0.3 is 15.3 Å². The molecule has 1 saturated heterocycles. The molecule has 1 aliphatic rings. The number of nitrogens with one attached hydrogen (secondary N) is 1. The van der Waals surface area contributed by atoms with Crippen molar-refractivity contribution in [1.29, 1.82) is 0 Å². The number of benzene rings is 1. The predicted molar refractivity (Wildman–Crippen MR) is 84.6 cm³/mol. The lowest BCUT2D eigenvalue weighted by atomic mass is 9.95. The lowest BCUT2D eigenvalue weighted by molar-refractivity contribution is 0.0947. The summed E-state index contributed by atoms with van der Waals surface area (Å²) < 4.78 is 0. The number of hydrogen-bond acceptors (Lipinski definition) is 3. The maximum atomic E-state index is 12.1. The van der Waals surface area contributed by atoms with Crippen molar-refractivity contribution < 1.29 is 9.90 Å². The van der Waals surface area contributed by atoms with Crippen molar-refractivity contribution in [3.8, 4) is 5.75 Å². The zero-order valence-electron chi connectivity index (χ0n) is 13.1. The van der Waals surface area contributed by atoms with Gasteiger partial charge in [-0.2, -0.15) is 0 Å². The fourth-order valence-electron chi connectivity index (χ4n) is 2.96. The Balaban J connectivity index is 1.77. The van der Waals surface area contributed by atoms with E-state index < -0.39 is 0 Å². The molecule has 1 aromatic rings. The number of amides is 1. The Kier molecular flexibility index (Phi) is 5.62. The van der Waals surface area contributed by atoms with Gasteiger partial charge in [0.1, 0.15) is 5.75 Å². The lowest BCUT2D eigenvalue weighted by Gasteiger charge is -2.31. The number of rotatable bonds is 5. The summed E-state index contributed by atoms with van der Waals surface area (Å²) in [5.41, 5.74) is 1.35. The highest BCUT2D eigenvalue weighted by Gasteiger charge is 2.18. The van der Waals surface area contributed by atoms with Gasteiger partial charge in [0.2, 0.25) is 0 Å². The SMILES string of the molecule is CCN1CCC[C@H](CCNC(=O)c2ccc(O)c(C)c2)C1. The zero-order chi connectivity index (χ0) is 15.2. The Morgan fingerprint density at radius 1 is 1.48 bits per heavy atom. The largest absolute Gasteiger partial charge is 0.508 e. The molecule has 0 spiro atoms. The van der Waals surface area contributed by atoms with Crippen molar-refractivity contribution in [2.45, 2.75) is 33.1 Å². The van der Waals surface area contributed by atoms with Crippen LogP contribution in [0.2, 0.25) is 0 Å². The number of carbonyl (C=O) groups excluding carboxylic acids is 1.